The van der Waals surface area contributed by atoms with Crippen LogP contribution < -0.4 is 5.32 Å². The third kappa shape index (κ3) is 2.40. The van der Waals surface area contributed by atoms with Gasteiger partial charge in [-0.15, -0.1) is 0 Å². The molecule has 0 aromatic rings. The maximum Gasteiger partial charge on any atom is 0.225 e. The SMILES string of the molecule is CNC1CCN(C(=O)C2CCCC2C)CC1. The van der Waals surface area contributed by atoms with Crippen molar-refractivity contribution in [2.75, 3.05) is 20.1 Å². The van der Waals surface area contributed by atoms with E-state index in [0.29, 0.717) is 23.8 Å². The Bertz CT molecular complexity index is 246. The Balaban J connectivity index is 1.86. The number of carbonyl (C=O) groups is 1. The van der Waals surface area contributed by atoms with E-state index in [0.717, 1.165) is 32.4 Å². The third-order valence-electron chi connectivity index (χ3n) is 4.39. The molecule has 2 rings (SSSR count). The monoisotopic (exact) mass is 224 g/mol. The van der Waals surface area contributed by atoms with Crippen LogP contribution in [0.2, 0.25) is 0 Å². The van der Waals surface area contributed by atoms with Crippen LogP contribution in [0.25, 0.3) is 0 Å². The van der Waals surface area contributed by atoms with Crippen LogP contribution in [0.5, 0.6) is 0 Å². The third-order valence-corrected chi connectivity index (χ3v) is 4.39. The summed E-state index contributed by atoms with van der Waals surface area (Å²) in [6.07, 6.45) is 5.83. The summed E-state index contributed by atoms with van der Waals surface area (Å²) in [5.41, 5.74) is 0. The number of nitrogens with one attached hydrogen (secondary N) is 1. The highest BCUT2D eigenvalue weighted by Crippen LogP contribution is 2.33. The van der Waals surface area contributed by atoms with E-state index < -0.39 is 0 Å². The highest BCUT2D eigenvalue weighted by atomic mass is 16.2. The number of carbonyl (C=O) groups excluding carboxylic acids is 1. The van der Waals surface area contributed by atoms with Gasteiger partial charge in [-0.2, -0.15) is 0 Å². The Morgan fingerprint density at radius 1 is 1.19 bits per heavy atom. The van der Waals surface area contributed by atoms with Crippen LogP contribution in [-0.4, -0.2) is 37.0 Å². The average molecular weight is 224 g/mol. The van der Waals surface area contributed by atoms with E-state index in [1.54, 1.807) is 0 Å². The molecule has 1 N–H and O–H groups in total. The van der Waals surface area contributed by atoms with E-state index in [9.17, 15) is 4.79 Å². The average Bonchev–Trinajstić information content (AvgIpc) is 2.75. The van der Waals surface area contributed by atoms with E-state index in [4.69, 9.17) is 0 Å². The van der Waals surface area contributed by atoms with Gasteiger partial charge in [-0.3, -0.25) is 4.79 Å². The lowest BCUT2D eigenvalue weighted by atomic mass is 9.95. The van der Waals surface area contributed by atoms with Crippen LogP contribution in [0.4, 0.5) is 0 Å². The first-order chi connectivity index (χ1) is 7.72. The van der Waals surface area contributed by atoms with Crippen molar-refractivity contribution >= 4 is 5.91 Å². The van der Waals surface area contributed by atoms with Crippen LogP contribution in [0, 0.1) is 11.8 Å². The van der Waals surface area contributed by atoms with Gasteiger partial charge in [0.25, 0.3) is 0 Å². The lowest BCUT2D eigenvalue weighted by molar-refractivity contribution is -0.137. The molecule has 2 aliphatic rings. The van der Waals surface area contributed by atoms with E-state index >= 15 is 0 Å². The molecule has 92 valence electrons. The lowest BCUT2D eigenvalue weighted by Gasteiger charge is -2.34. The van der Waals surface area contributed by atoms with Gasteiger partial charge in [0.2, 0.25) is 5.91 Å². The van der Waals surface area contributed by atoms with Gasteiger partial charge in [0.1, 0.15) is 0 Å². The van der Waals surface area contributed by atoms with Gasteiger partial charge in [-0.1, -0.05) is 13.3 Å². The van der Waals surface area contributed by atoms with Crippen molar-refractivity contribution in [3.63, 3.8) is 0 Å². The van der Waals surface area contributed by atoms with Crippen molar-refractivity contribution in [2.45, 2.75) is 45.1 Å². The molecule has 0 radical (unpaired) electrons. The zero-order valence-corrected chi connectivity index (χ0v) is 10.5. The fourth-order valence-corrected chi connectivity index (χ4v) is 3.14. The fraction of sp³-hybridized carbons (Fsp3) is 0.923. The molecule has 3 heteroatoms. The number of hydrogen-bond acceptors (Lipinski definition) is 2. The molecule has 0 bridgehead atoms. The van der Waals surface area contributed by atoms with Gasteiger partial charge in [-0.25, -0.2) is 0 Å². The second kappa shape index (κ2) is 5.17. The smallest absolute Gasteiger partial charge is 0.225 e. The minimum absolute atomic E-state index is 0.325. The molecule has 1 saturated carbocycles. The maximum absolute atomic E-state index is 12.3. The predicted octanol–water partition coefficient (Wildman–Crippen LogP) is 1.63. The van der Waals surface area contributed by atoms with Crippen LogP contribution in [0.1, 0.15) is 39.0 Å². The molecule has 1 amide bonds. The molecule has 2 unspecified atom stereocenters. The van der Waals surface area contributed by atoms with E-state index in [1.807, 2.05) is 7.05 Å². The Kier molecular flexibility index (Phi) is 3.85. The zero-order valence-electron chi connectivity index (χ0n) is 10.5. The number of piperidine rings is 1. The Morgan fingerprint density at radius 2 is 1.88 bits per heavy atom. The molecule has 2 atom stereocenters. The highest BCUT2D eigenvalue weighted by molar-refractivity contribution is 5.79. The summed E-state index contributed by atoms with van der Waals surface area (Å²) in [6.45, 7) is 4.14. The van der Waals surface area contributed by atoms with E-state index in [-0.39, 0.29) is 0 Å². The van der Waals surface area contributed by atoms with Crippen molar-refractivity contribution in [3.8, 4) is 0 Å². The molecule has 1 saturated heterocycles. The number of rotatable bonds is 2. The molecule has 0 spiro atoms. The van der Waals surface area contributed by atoms with Gasteiger partial charge >= 0.3 is 0 Å². The van der Waals surface area contributed by atoms with Crippen molar-refractivity contribution in [1.29, 1.82) is 0 Å². The molecule has 0 aromatic carbocycles. The number of hydrogen-bond donors (Lipinski definition) is 1. The maximum atomic E-state index is 12.3. The highest BCUT2D eigenvalue weighted by Gasteiger charge is 2.33. The summed E-state index contributed by atoms with van der Waals surface area (Å²) < 4.78 is 0. The van der Waals surface area contributed by atoms with Crippen molar-refractivity contribution in [1.82, 2.24) is 10.2 Å². The molecular weight excluding hydrogens is 200 g/mol. The van der Waals surface area contributed by atoms with Crippen LogP contribution in [0.15, 0.2) is 0 Å². The van der Waals surface area contributed by atoms with Gasteiger partial charge in [0.15, 0.2) is 0 Å². The second-order valence-corrected chi connectivity index (χ2v) is 5.40. The summed E-state index contributed by atoms with van der Waals surface area (Å²) in [5, 5.41) is 3.30. The van der Waals surface area contributed by atoms with Crippen LogP contribution >= 0.6 is 0 Å². The van der Waals surface area contributed by atoms with Crippen molar-refractivity contribution < 1.29 is 4.79 Å². The minimum atomic E-state index is 0.325. The normalized spacial score (nSPS) is 32.0. The number of amides is 1. The largest absolute Gasteiger partial charge is 0.342 e. The number of nitrogens with zero attached hydrogens (tertiary/aromatic N) is 1. The minimum Gasteiger partial charge on any atom is -0.342 e. The Labute approximate surface area is 98.6 Å². The summed E-state index contributed by atoms with van der Waals surface area (Å²) >= 11 is 0. The molecular formula is C13H24N2O. The summed E-state index contributed by atoms with van der Waals surface area (Å²) in [7, 11) is 2.02. The molecule has 1 heterocycles. The zero-order chi connectivity index (χ0) is 11.5. The summed E-state index contributed by atoms with van der Waals surface area (Å²) in [4.78, 5) is 14.4. The Morgan fingerprint density at radius 3 is 2.38 bits per heavy atom. The predicted molar refractivity (Wildman–Crippen MR) is 65.2 cm³/mol. The lowest BCUT2D eigenvalue weighted by Crippen LogP contribution is -2.46. The summed E-state index contributed by atoms with van der Waals surface area (Å²) in [6, 6.07) is 0.616. The van der Waals surface area contributed by atoms with Crippen molar-refractivity contribution in [2.24, 2.45) is 11.8 Å². The first-order valence-electron chi connectivity index (χ1n) is 6.68. The van der Waals surface area contributed by atoms with Gasteiger partial charge < -0.3 is 10.2 Å². The van der Waals surface area contributed by atoms with Crippen molar-refractivity contribution in [3.05, 3.63) is 0 Å². The Hall–Kier alpha value is -0.570. The first kappa shape index (κ1) is 11.9. The standard InChI is InChI=1S/C13H24N2O/c1-10-4-3-5-12(10)13(16)15-8-6-11(14-2)7-9-15/h10-12,14H,3-9H2,1-2H3. The molecule has 1 aliphatic heterocycles. The topological polar surface area (TPSA) is 32.3 Å². The molecule has 0 aromatic heterocycles. The quantitative estimate of drug-likeness (QED) is 0.773. The fourth-order valence-electron chi connectivity index (χ4n) is 3.14. The second-order valence-electron chi connectivity index (χ2n) is 5.40. The molecule has 3 nitrogen and oxygen atoms in total. The molecule has 16 heavy (non-hydrogen) atoms. The van der Waals surface area contributed by atoms with Crippen LogP contribution in [0.3, 0.4) is 0 Å². The van der Waals surface area contributed by atoms with E-state index in [1.165, 1.54) is 12.8 Å². The van der Waals surface area contributed by atoms with Gasteiger partial charge in [0, 0.05) is 25.0 Å². The van der Waals surface area contributed by atoms with Gasteiger partial charge in [-0.05, 0) is 38.6 Å². The first-order valence-corrected chi connectivity index (χ1v) is 6.68. The summed E-state index contributed by atoms with van der Waals surface area (Å²) in [5.74, 6) is 1.36. The molecule has 2 fully saturated rings. The molecule has 1 aliphatic carbocycles. The van der Waals surface area contributed by atoms with Crippen LogP contribution in [-0.2, 0) is 4.79 Å². The number of likely N-dealkylation sites (tertiary alicyclic amines) is 1. The van der Waals surface area contributed by atoms with Gasteiger partial charge in [0.05, 0.1) is 0 Å². The van der Waals surface area contributed by atoms with E-state index in [2.05, 4.69) is 17.1 Å².